The van der Waals surface area contributed by atoms with E-state index in [0.717, 1.165) is 54.5 Å². The quantitative estimate of drug-likeness (QED) is 0.272. The Bertz CT molecular complexity index is 1250. The summed E-state index contributed by atoms with van der Waals surface area (Å²) in [5.41, 5.74) is 2.65. The number of hydrogen-bond acceptors (Lipinski definition) is 2. The normalized spacial score (nSPS) is 27.9. The molecular weight excluding hydrogens is 623 g/mol. The molecule has 6 heteroatoms. The maximum atomic E-state index is 13.0. The summed E-state index contributed by atoms with van der Waals surface area (Å²) < 4.78 is 0. The predicted octanol–water partition coefficient (Wildman–Crippen LogP) is 11.0. The standard InChI is InChI=1S/C22H32ClNO.C17H24ClNO.C2H6/c1-16-11-20(2)13-21(3,12-16)15-22(4,14-20)19(25)24-10-9-17-5-7-18(23)8-6-17;1-17(11-4-2-3-5-12-17)16(20)19-13-10-14-6-8-15(18)9-7-14;1-2/h5-8,16H,9-15H2,1-4H3,(H,24,25);6-9H,2-5,10-13H2,1H3,(H,19,20);1-2H3. The van der Waals surface area contributed by atoms with Gasteiger partial charge in [0.15, 0.2) is 0 Å². The molecule has 2 atom stereocenters. The number of rotatable bonds is 8. The molecule has 5 rings (SSSR count). The zero-order valence-corrected chi connectivity index (χ0v) is 31.9. The van der Waals surface area contributed by atoms with Gasteiger partial charge in [0.25, 0.3) is 0 Å². The second-order valence-electron chi connectivity index (χ2n) is 16.0. The summed E-state index contributed by atoms with van der Waals surface area (Å²) in [6.07, 6.45) is 14.5. The lowest BCUT2D eigenvalue weighted by Gasteiger charge is -2.57. The number of benzene rings is 2. The molecule has 2 unspecified atom stereocenters. The summed E-state index contributed by atoms with van der Waals surface area (Å²) in [7, 11) is 0. The van der Waals surface area contributed by atoms with Gasteiger partial charge >= 0.3 is 0 Å². The molecule has 2 aromatic carbocycles. The van der Waals surface area contributed by atoms with Gasteiger partial charge in [0.05, 0.1) is 0 Å². The molecule has 0 aromatic heterocycles. The molecule has 2 aromatic rings. The summed E-state index contributed by atoms with van der Waals surface area (Å²) in [4.78, 5) is 25.4. The molecule has 2 N–H and O–H groups in total. The van der Waals surface area contributed by atoms with Crippen molar-refractivity contribution in [3.05, 3.63) is 69.7 Å². The van der Waals surface area contributed by atoms with Crippen LogP contribution in [0.2, 0.25) is 10.0 Å². The lowest BCUT2D eigenvalue weighted by atomic mass is 9.47. The van der Waals surface area contributed by atoms with Crippen LogP contribution >= 0.6 is 23.2 Å². The average molecular weight is 686 g/mol. The van der Waals surface area contributed by atoms with E-state index in [1.807, 2.05) is 62.4 Å². The molecule has 3 fully saturated rings. The van der Waals surface area contributed by atoms with E-state index in [9.17, 15) is 9.59 Å². The highest BCUT2D eigenvalue weighted by atomic mass is 35.5. The van der Waals surface area contributed by atoms with Gasteiger partial charge in [0, 0.05) is 34.0 Å². The summed E-state index contributed by atoms with van der Waals surface area (Å²) in [6.45, 7) is 16.9. The molecule has 3 aliphatic rings. The van der Waals surface area contributed by atoms with Gasteiger partial charge in [-0.3, -0.25) is 9.59 Å². The number of hydrogen-bond donors (Lipinski definition) is 2. The van der Waals surface area contributed by atoms with E-state index in [4.69, 9.17) is 23.2 Å². The van der Waals surface area contributed by atoms with Gasteiger partial charge in [-0.2, -0.15) is 0 Å². The SMILES string of the molecule is CC.CC1(C(=O)NCCc2ccc(Cl)cc2)CCCCCC1.CC1CC2(C)CC(C)(C1)CC(C)(C(=O)NCCc1ccc(Cl)cc1)C2. The van der Waals surface area contributed by atoms with Crippen LogP contribution in [-0.2, 0) is 22.4 Å². The molecule has 0 spiro atoms. The van der Waals surface area contributed by atoms with Crippen LogP contribution < -0.4 is 10.6 Å². The van der Waals surface area contributed by atoms with Crippen LogP contribution in [-0.4, -0.2) is 24.9 Å². The Morgan fingerprint density at radius 1 is 0.638 bits per heavy atom. The minimum absolute atomic E-state index is 0.156. The van der Waals surface area contributed by atoms with Crippen molar-refractivity contribution in [1.29, 1.82) is 0 Å². The molecule has 2 amide bonds. The number of amides is 2. The molecule has 262 valence electrons. The molecule has 0 aliphatic heterocycles. The summed E-state index contributed by atoms with van der Waals surface area (Å²) >= 11 is 11.8. The van der Waals surface area contributed by atoms with Crippen LogP contribution in [0.3, 0.4) is 0 Å². The van der Waals surface area contributed by atoms with Crippen molar-refractivity contribution >= 4 is 35.0 Å². The maximum Gasteiger partial charge on any atom is 0.225 e. The second-order valence-corrected chi connectivity index (χ2v) is 16.8. The first kappa shape index (κ1) is 39.4. The van der Waals surface area contributed by atoms with Crippen molar-refractivity contribution in [2.24, 2.45) is 27.6 Å². The third kappa shape index (κ3) is 11.8. The Hall–Kier alpha value is -2.04. The van der Waals surface area contributed by atoms with E-state index in [1.165, 1.54) is 56.1 Å². The molecule has 47 heavy (non-hydrogen) atoms. The van der Waals surface area contributed by atoms with Crippen LogP contribution in [0.25, 0.3) is 0 Å². The zero-order valence-electron chi connectivity index (χ0n) is 30.4. The number of nitrogens with one attached hydrogen (secondary N) is 2. The van der Waals surface area contributed by atoms with E-state index in [0.29, 0.717) is 23.9 Å². The van der Waals surface area contributed by atoms with Crippen molar-refractivity contribution in [3.63, 3.8) is 0 Å². The van der Waals surface area contributed by atoms with Gasteiger partial charge < -0.3 is 10.6 Å². The maximum absolute atomic E-state index is 13.0. The largest absolute Gasteiger partial charge is 0.355 e. The topological polar surface area (TPSA) is 58.2 Å². The van der Waals surface area contributed by atoms with Crippen LogP contribution in [0.15, 0.2) is 48.5 Å². The Morgan fingerprint density at radius 3 is 1.43 bits per heavy atom. The van der Waals surface area contributed by atoms with E-state index >= 15 is 0 Å². The molecular formula is C41H62Cl2N2O2. The highest BCUT2D eigenvalue weighted by molar-refractivity contribution is 6.30. The van der Waals surface area contributed by atoms with Crippen LogP contribution in [0.1, 0.15) is 130 Å². The summed E-state index contributed by atoms with van der Waals surface area (Å²) in [5.74, 6) is 1.25. The highest BCUT2D eigenvalue weighted by Crippen LogP contribution is 2.62. The van der Waals surface area contributed by atoms with Crippen molar-refractivity contribution in [2.45, 2.75) is 132 Å². The van der Waals surface area contributed by atoms with Crippen molar-refractivity contribution in [3.8, 4) is 0 Å². The van der Waals surface area contributed by atoms with Crippen LogP contribution in [0.4, 0.5) is 0 Å². The first-order chi connectivity index (χ1) is 22.2. The van der Waals surface area contributed by atoms with Gasteiger partial charge in [-0.15, -0.1) is 0 Å². The zero-order chi connectivity index (χ0) is 34.7. The highest BCUT2D eigenvalue weighted by Gasteiger charge is 2.54. The molecule has 3 saturated carbocycles. The van der Waals surface area contributed by atoms with Gasteiger partial charge in [0.1, 0.15) is 0 Å². The minimum atomic E-state index is -0.234. The molecule has 4 nitrogen and oxygen atoms in total. The predicted molar refractivity (Wildman–Crippen MR) is 200 cm³/mol. The fraction of sp³-hybridized carbons (Fsp3) is 0.659. The van der Waals surface area contributed by atoms with E-state index in [-0.39, 0.29) is 22.6 Å². The molecule has 2 bridgehead atoms. The fourth-order valence-corrected chi connectivity index (χ4v) is 9.66. The third-order valence-corrected chi connectivity index (χ3v) is 11.2. The smallest absolute Gasteiger partial charge is 0.225 e. The number of carbonyl (C=O) groups excluding carboxylic acids is 2. The second kappa shape index (κ2) is 17.6. The minimum Gasteiger partial charge on any atom is -0.355 e. The van der Waals surface area contributed by atoms with Gasteiger partial charge in [-0.05, 0) is 110 Å². The van der Waals surface area contributed by atoms with E-state index in [1.54, 1.807) is 0 Å². The molecule has 0 heterocycles. The molecule has 0 saturated heterocycles. The lowest BCUT2D eigenvalue weighted by Crippen LogP contribution is -2.53. The number of halogens is 2. The van der Waals surface area contributed by atoms with Gasteiger partial charge in [-0.1, -0.05) is 122 Å². The average Bonchev–Trinajstić information content (AvgIpc) is 3.24. The fourth-order valence-electron chi connectivity index (χ4n) is 9.41. The third-order valence-electron chi connectivity index (χ3n) is 10.7. The first-order valence-corrected chi connectivity index (χ1v) is 19.0. The Kier molecular flexibility index (Phi) is 14.7. The number of fused-ring (bicyclic) bond motifs is 2. The van der Waals surface area contributed by atoms with E-state index < -0.39 is 0 Å². The monoisotopic (exact) mass is 684 g/mol. The number of carbonyl (C=O) groups is 2. The summed E-state index contributed by atoms with van der Waals surface area (Å²) in [5, 5.41) is 7.84. The molecule has 3 aliphatic carbocycles. The lowest BCUT2D eigenvalue weighted by molar-refractivity contribution is -0.144. The van der Waals surface area contributed by atoms with Crippen molar-refractivity contribution in [1.82, 2.24) is 10.6 Å². The molecule has 0 radical (unpaired) electrons. The van der Waals surface area contributed by atoms with Crippen molar-refractivity contribution in [2.75, 3.05) is 13.1 Å². The Morgan fingerprint density at radius 2 is 1.02 bits per heavy atom. The van der Waals surface area contributed by atoms with E-state index in [2.05, 4.69) is 45.3 Å². The Labute approximate surface area is 296 Å². The van der Waals surface area contributed by atoms with Gasteiger partial charge in [-0.25, -0.2) is 0 Å². The summed E-state index contributed by atoms with van der Waals surface area (Å²) in [6, 6.07) is 15.7. The Balaban J connectivity index is 0.000000248. The van der Waals surface area contributed by atoms with Crippen LogP contribution in [0.5, 0.6) is 0 Å². The first-order valence-electron chi connectivity index (χ1n) is 18.3. The van der Waals surface area contributed by atoms with Crippen molar-refractivity contribution < 1.29 is 9.59 Å². The van der Waals surface area contributed by atoms with Crippen LogP contribution in [0, 0.1) is 27.6 Å². The van der Waals surface area contributed by atoms with Gasteiger partial charge in [0.2, 0.25) is 11.8 Å².